The molecule has 2 aromatic carbocycles. The Kier molecular flexibility index (Phi) is 4.63. The highest BCUT2D eigenvalue weighted by atomic mass is 35.5. The van der Waals surface area contributed by atoms with Gasteiger partial charge in [-0.2, -0.15) is 5.26 Å². The molecule has 0 aromatic heterocycles. The van der Waals surface area contributed by atoms with Gasteiger partial charge in [-0.1, -0.05) is 41.4 Å². The van der Waals surface area contributed by atoms with Crippen molar-refractivity contribution in [3.05, 3.63) is 64.7 Å². The summed E-state index contributed by atoms with van der Waals surface area (Å²) in [5, 5.41) is 9.51. The first-order valence-electron chi connectivity index (χ1n) is 7.83. The fourth-order valence-corrected chi connectivity index (χ4v) is 5.89. The Morgan fingerprint density at radius 1 is 1.16 bits per heavy atom. The molecule has 6 heteroatoms. The van der Waals surface area contributed by atoms with Crippen molar-refractivity contribution in [3.63, 3.8) is 0 Å². The zero-order valence-corrected chi connectivity index (χ0v) is 15.5. The quantitative estimate of drug-likeness (QED) is 0.798. The van der Waals surface area contributed by atoms with Crippen LogP contribution in [0.2, 0.25) is 5.02 Å². The van der Waals surface area contributed by atoms with E-state index in [4.69, 9.17) is 16.3 Å². The molecule has 0 amide bonds. The lowest BCUT2D eigenvalue weighted by molar-refractivity contribution is 0.162. The summed E-state index contributed by atoms with van der Waals surface area (Å²) in [6.45, 7) is 1.96. The van der Waals surface area contributed by atoms with E-state index in [2.05, 4.69) is 6.07 Å². The Hall–Kier alpha value is -1.87. The summed E-state index contributed by atoms with van der Waals surface area (Å²) in [4.78, 5) is 0.232. The van der Waals surface area contributed by atoms with Crippen molar-refractivity contribution in [1.82, 2.24) is 0 Å². The van der Waals surface area contributed by atoms with Crippen molar-refractivity contribution in [1.29, 1.82) is 5.26 Å². The molecule has 1 saturated carbocycles. The third kappa shape index (κ3) is 2.95. The van der Waals surface area contributed by atoms with Gasteiger partial charge >= 0.3 is 0 Å². The minimum absolute atomic E-state index is 0.0621. The van der Waals surface area contributed by atoms with Crippen molar-refractivity contribution in [2.75, 3.05) is 13.7 Å². The lowest BCUT2D eigenvalue weighted by atomic mass is 10.0. The van der Waals surface area contributed by atoms with Gasteiger partial charge in [0.2, 0.25) is 0 Å². The molecule has 130 valence electrons. The van der Waals surface area contributed by atoms with E-state index in [0.29, 0.717) is 5.02 Å². The number of hydrogen-bond acceptors (Lipinski definition) is 4. The smallest absolute Gasteiger partial charge is 0.183 e. The molecule has 1 aliphatic carbocycles. The van der Waals surface area contributed by atoms with Crippen LogP contribution < -0.4 is 0 Å². The van der Waals surface area contributed by atoms with Crippen molar-refractivity contribution in [2.24, 2.45) is 5.41 Å². The Balaban J connectivity index is 2.07. The number of ether oxygens (including phenoxy) is 1. The Morgan fingerprint density at radius 2 is 1.76 bits per heavy atom. The summed E-state index contributed by atoms with van der Waals surface area (Å²) in [5.74, 6) is -0.444. The lowest BCUT2D eigenvalue weighted by Crippen LogP contribution is -2.19. The normalized spacial score (nSPS) is 25.4. The number of benzene rings is 2. The van der Waals surface area contributed by atoms with Gasteiger partial charge in [-0.25, -0.2) is 8.42 Å². The van der Waals surface area contributed by atoms with E-state index in [-0.39, 0.29) is 11.5 Å². The van der Waals surface area contributed by atoms with Crippen LogP contribution in [0.4, 0.5) is 0 Å². The first kappa shape index (κ1) is 17.9. The Morgan fingerprint density at radius 3 is 2.28 bits per heavy atom. The second-order valence-electron chi connectivity index (χ2n) is 6.39. The van der Waals surface area contributed by atoms with Crippen molar-refractivity contribution in [3.8, 4) is 6.07 Å². The van der Waals surface area contributed by atoms with Crippen LogP contribution in [-0.2, 0) is 14.6 Å². The average molecular weight is 376 g/mol. The predicted octanol–water partition coefficient (Wildman–Crippen LogP) is 3.74. The third-order valence-electron chi connectivity index (χ3n) is 4.76. The zero-order chi connectivity index (χ0) is 18.2. The number of nitrogens with zero attached hydrogens (tertiary/aromatic N) is 1. The fraction of sp³-hybridized carbons (Fsp3) is 0.316. The molecule has 1 aliphatic rings. The summed E-state index contributed by atoms with van der Waals surface area (Å²) < 4.78 is 31.5. The van der Waals surface area contributed by atoms with Crippen LogP contribution >= 0.6 is 11.6 Å². The number of sulfone groups is 1. The van der Waals surface area contributed by atoms with E-state index >= 15 is 0 Å². The number of halogens is 1. The monoisotopic (exact) mass is 375 g/mol. The first-order valence-corrected chi connectivity index (χ1v) is 9.75. The number of rotatable bonds is 5. The highest BCUT2D eigenvalue weighted by Crippen LogP contribution is 2.63. The van der Waals surface area contributed by atoms with Crippen LogP contribution in [0.25, 0.3) is 0 Å². The van der Waals surface area contributed by atoms with Crippen LogP contribution in [0.3, 0.4) is 0 Å². The van der Waals surface area contributed by atoms with E-state index in [1.165, 1.54) is 7.11 Å². The molecule has 3 atom stereocenters. The molecule has 0 saturated heterocycles. The lowest BCUT2D eigenvalue weighted by Gasteiger charge is -2.08. The van der Waals surface area contributed by atoms with Gasteiger partial charge in [-0.15, -0.1) is 0 Å². The molecule has 3 rings (SSSR count). The van der Waals surface area contributed by atoms with E-state index in [9.17, 15) is 13.7 Å². The van der Waals surface area contributed by atoms with E-state index in [1.807, 2.05) is 6.92 Å². The molecular formula is C19H18ClNO3S. The van der Waals surface area contributed by atoms with Gasteiger partial charge in [0.25, 0.3) is 0 Å². The maximum Gasteiger partial charge on any atom is 0.183 e. The van der Waals surface area contributed by atoms with Crippen molar-refractivity contribution < 1.29 is 13.2 Å². The second-order valence-corrected chi connectivity index (χ2v) is 8.90. The molecular weight excluding hydrogens is 358 g/mol. The first-order chi connectivity index (χ1) is 11.9. The Bertz CT molecular complexity index is 917. The Labute approximate surface area is 152 Å². The topological polar surface area (TPSA) is 67.2 Å². The molecule has 25 heavy (non-hydrogen) atoms. The molecule has 0 heterocycles. The van der Waals surface area contributed by atoms with Gasteiger partial charge in [-0.05, 0) is 36.8 Å². The molecule has 0 radical (unpaired) electrons. The molecule has 0 bridgehead atoms. The number of methoxy groups -OCH3 is 1. The summed E-state index contributed by atoms with van der Waals surface area (Å²) in [7, 11) is -2.19. The maximum absolute atomic E-state index is 13.2. The van der Waals surface area contributed by atoms with Crippen LogP contribution in [-0.4, -0.2) is 27.4 Å². The number of aryl methyl sites for hydroxylation is 1. The van der Waals surface area contributed by atoms with Crippen LogP contribution in [0.5, 0.6) is 0 Å². The summed E-state index contributed by atoms with van der Waals surface area (Å²) in [6.07, 6.45) is 0. The summed E-state index contributed by atoms with van der Waals surface area (Å²) in [6, 6.07) is 15.9. The van der Waals surface area contributed by atoms with Crippen LogP contribution in [0.1, 0.15) is 17.0 Å². The third-order valence-corrected chi connectivity index (χ3v) is 7.30. The molecule has 0 N–H and O–H groups in total. The van der Waals surface area contributed by atoms with E-state index in [1.54, 1.807) is 48.5 Å². The van der Waals surface area contributed by atoms with Gasteiger partial charge in [-0.3, -0.25) is 0 Å². The molecule has 1 fully saturated rings. The van der Waals surface area contributed by atoms with Crippen molar-refractivity contribution in [2.45, 2.75) is 23.0 Å². The van der Waals surface area contributed by atoms with Gasteiger partial charge in [0.15, 0.2) is 9.84 Å². The van der Waals surface area contributed by atoms with Gasteiger partial charge in [0.1, 0.15) is 5.41 Å². The van der Waals surface area contributed by atoms with Gasteiger partial charge < -0.3 is 4.74 Å². The second kappa shape index (κ2) is 6.45. The molecule has 4 nitrogen and oxygen atoms in total. The minimum Gasteiger partial charge on any atom is -0.383 e. The molecule has 0 spiro atoms. The minimum atomic E-state index is -3.67. The highest BCUT2D eigenvalue weighted by Gasteiger charge is 2.72. The van der Waals surface area contributed by atoms with Crippen LogP contribution in [0.15, 0.2) is 53.4 Å². The summed E-state index contributed by atoms with van der Waals surface area (Å²) >= 11 is 5.93. The summed E-state index contributed by atoms with van der Waals surface area (Å²) in [5.41, 5.74) is 0.669. The van der Waals surface area contributed by atoms with E-state index < -0.39 is 26.4 Å². The molecule has 2 aromatic rings. The average Bonchev–Trinajstić information content (AvgIpc) is 3.26. The largest absolute Gasteiger partial charge is 0.383 e. The highest BCUT2D eigenvalue weighted by molar-refractivity contribution is 7.92. The van der Waals surface area contributed by atoms with Gasteiger partial charge in [0.05, 0.1) is 22.8 Å². The molecule has 0 unspecified atom stereocenters. The van der Waals surface area contributed by atoms with Crippen molar-refractivity contribution >= 4 is 21.4 Å². The number of hydrogen-bond donors (Lipinski definition) is 0. The van der Waals surface area contributed by atoms with Crippen LogP contribution in [0, 0.1) is 23.7 Å². The van der Waals surface area contributed by atoms with E-state index in [0.717, 1.165) is 11.1 Å². The standard InChI is InChI=1S/C19H18ClNO3S/c1-13-3-9-16(10-4-13)25(22,23)18-17(19(18,11-21)12-24-2)14-5-7-15(20)8-6-14/h3-10,17-18H,12H2,1-2H3/t17-,18+,19+/m1/s1. The number of nitriles is 1. The SMILES string of the molecule is COC[C@@]1(C#N)[C@H](c2ccc(Cl)cc2)[C@@H]1S(=O)(=O)c1ccc(C)cc1. The van der Waals surface area contributed by atoms with Gasteiger partial charge in [0, 0.05) is 18.1 Å². The predicted molar refractivity (Wildman–Crippen MR) is 96.3 cm³/mol. The zero-order valence-electron chi connectivity index (χ0n) is 13.9. The fourth-order valence-electron chi connectivity index (χ4n) is 3.45. The maximum atomic E-state index is 13.2. The molecule has 0 aliphatic heterocycles.